The number of para-hydroxylation sites is 3. The van der Waals surface area contributed by atoms with E-state index in [9.17, 15) is 0 Å². The maximum absolute atomic E-state index is 6.54. The van der Waals surface area contributed by atoms with E-state index in [2.05, 4.69) is 176 Å². The van der Waals surface area contributed by atoms with Crippen molar-refractivity contribution in [2.75, 3.05) is 9.80 Å². The van der Waals surface area contributed by atoms with Gasteiger partial charge in [-0.15, -0.1) is 48.1 Å². The monoisotopic (exact) mass is 857 g/mol. The molecule has 6 aromatic rings. The van der Waals surface area contributed by atoms with Crippen LogP contribution in [0.3, 0.4) is 0 Å². The molecule has 6 nitrogen and oxygen atoms in total. The van der Waals surface area contributed by atoms with E-state index in [0.717, 1.165) is 44.7 Å². The fraction of sp³-hybridized carbons (Fsp3) is 0.136. The van der Waals surface area contributed by atoms with Gasteiger partial charge in [-0.25, -0.2) is 4.98 Å². The molecular formula is C44H37BN5OPt-3. The molecule has 0 unspecified atom stereocenters. The molecule has 0 aliphatic carbocycles. The number of anilines is 3. The Balaban J connectivity index is 0.00000387. The van der Waals surface area contributed by atoms with E-state index in [1.807, 2.05) is 24.4 Å². The molecule has 0 amide bonds. The summed E-state index contributed by atoms with van der Waals surface area (Å²) in [6, 6.07) is 38.5. The molecule has 0 spiro atoms. The predicted octanol–water partition coefficient (Wildman–Crippen LogP) is 10.6. The van der Waals surface area contributed by atoms with Gasteiger partial charge in [-0.1, -0.05) is 74.6 Å². The minimum absolute atomic E-state index is 0. The summed E-state index contributed by atoms with van der Waals surface area (Å²) >= 11 is 0. The van der Waals surface area contributed by atoms with Gasteiger partial charge in [0.1, 0.15) is 5.82 Å². The van der Waals surface area contributed by atoms with Gasteiger partial charge in [0.2, 0.25) is 0 Å². The molecule has 9 rings (SSSR count). The summed E-state index contributed by atoms with van der Waals surface area (Å²) < 4.78 is 8.73. The zero-order valence-corrected chi connectivity index (χ0v) is 32.0. The summed E-state index contributed by atoms with van der Waals surface area (Å²) in [7, 11) is 0. The van der Waals surface area contributed by atoms with Crippen molar-refractivity contribution in [2.24, 2.45) is 0 Å². The van der Waals surface area contributed by atoms with Crippen molar-refractivity contribution in [1.82, 2.24) is 14.4 Å². The first-order chi connectivity index (χ1) is 24.7. The van der Waals surface area contributed by atoms with E-state index < -0.39 is 0 Å². The molecular weight excluding hydrogens is 820 g/mol. The largest absolute Gasteiger partial charge is 0.509 e. The Morgan fingerprint density at radius 3 is 2.38 bits per heavy atom. The molecule has 5 heterocycles. The van der Waals surface area contributed by atoms with Crippen LogP contribution in [-0.2, 0) is 26.5 Å². The average Bonchev–Trinajstić information content (AvgIpc) is 3.67. The topological polar surface area (TPSA) is 36.8 Å². The van der Waals surface area contributed by atoms with Crippen LogP contribution < -0.4 is 14.5 Å². The molecule has 0 saturated heterocycles. The number of hydrogen-bond donors (Lipinski definition) is 0. The van der Waals surface area contributed by atoms with Gasteiger partial charge in [0.25, 0.3) is 0 Å². The number of rotatable bonds is 5. The number of allylic oxidation sites excluding steroid dienone is 4. The molecule has 0 fully saturated rings. The van der Waals surface area contributed by atoms with Crippen LogP contribution >= 0.6 is 0 Å². The molecule has 0 saturated carbocycles. The van der Waals surface area contributed by atoms with Crippen LogP contribution in [0, 0.1) is 18.8 Å². The zero-order valence-electron chi connectivity index (χ0n) is 29.7. The molecule has 52 heavy (non-hydrogen) atoms. The average molecular weight is 858 g/mol. The summed E-state index contributed by atoms with van der Waals surface area (Å²) in [5.74, 6) is 6.64. The molecule has 260 valence electrons. The smallest absolute Gasteiger partial charge is 0.312 e. The van der Waals surface area contributed by atoms with Gasteiger partial charge in [-0.2, -0.15) is 12.1 Å². The maximum atomic E-state index is 6.54. The first-order valence-electron chi connectivity index (χ1n) is 17.4. The van der Waals surface area contributed by atoms with Crippen LogP contribution in [0.2, 0.25) is 0 Å². The molecule has 0 N–H and O–H groups in total. The van der Waals surface area contributed by atoms with E-state index in [0.29, 0.717) is 11.5 Å². The van der Waals surface area contributed by atoms with Crippen molar-refractivity contribution >= 4 is 45.7 Å². The fourth-order valence-electron chi connectivity index (χ4n) is 7.51. The van der Waals surface area contributed by atoms with E-state index in [1.165, 1.54) is 22.5 Å². The second-order valence-corrected chi connectivity index (χ2v) is 14.3. The van der Waals surface area contributed by atoms with Gasteiger partial charge in [-0.3, -0.25) is 0 Å². The number of aromatic nitrogens is 2. The maximum Gasteiger partial charge on any atom is 0.312 e. The molecule has 4 aromatic carbocycles. The molecule has 2 aromatic heterocycles. The number of hydrogen-bond acceptors (Lipinski definition) is 5. The van der Waals surface area contributed by atoms with Crippen molar-refractivity contribution in [1.29, 1.82) is 0 Å². The minimum atomic E-state index is -0.00731. The van der Waals surface area contributed by atoms with Gasteiger partial charge in [0, 0.05) is 67.0 Å². The third-order valence-electron chi connectivity index (χ3n) is 10.0. The molecule has 0 atom stereocenters. The summed E-state index contributed by atoms with van der Waals surface area (Å²) in [5.41, 5.74) is 9.92. The first-order valence-corrected chi connectivity index (χ1v) is 17.4. The number of pyridine rings is 1. The van der Waals surface area contributed by atoms with Crippen LogP contribution in [0.1, 0.15) is 40.2 Å². The third kappa shape index (κ3) is 5.68. The Morgan fingerprint density at radius 2 is 1.56 bits per heavy atom. The van der Waals surface area contributed by atoms with Crippen molar-refractivity contribution in [2.45, 2.75) is 40.0 Å². The summed E-state index contributed by atoms with van der Waals surface area (Å²) in [6.45, 7) is 13.5. The van der Waals surface area contributed by atoms with Crippen LogP contribution in [0.5, 0.6) is 11.5 Å². The molecule has 0 radical (unpaired) electrons. The van der Waals surface area contributed by atoms with E-state index >= 15 is 0 Å². The second-order valence-electron chi connectivity index (χ2n) is 14.3. The van der Waals surface area contributed by atoms with Gasteiger partial charge in [0.15, 0.2) is 0 Å². The number of ether oxygens (including phenoxy) is 1. The van der Waals surface area contributed by atoms with Crippen LogP contribution in [0.15, 0.2) is 144 Å². The Labute approximate surface area is 320 Å². The van der Waals surface area contributed by atoms with Crippen molar-refractivity contribution < 1.29 is 25.8 Å². The van der Waals surface area contributed by atoms with Gasteiger partial charge in [0.05, 0.1) is 0 Å². The number of benzene rings is 4. The van der Waals surface area contributed by atoms with Crippen LogP contribution in [-0.4, -0.2) is 21.2 Å². The van der Waals surface area contributed by atoms with Crippen molar-refractivity contribution in [3.05, 3.63) is 169 Å². The van der Waals surface area contributed by atoms with Crippen LogP contribution in [0.25, 0.3) is 27.6 Å². The molecule has 3 aliphatic rings. The van der Waals surface area contributed by atoms with Crippen molar-refractivity contribution in [3.8, 4) is 17.3 Å². The summed E-state index contributed by atoms with van der Waals surface area (Å²) in [6.07, 6.45) is 8.27. The Kier molecular flexibility index (Phi) is 8.50. The summed E-state index contributed by atoms with van der Waals surface area (Å²) in [5, 5.41) is 2.25. The molecule has 0 bridgehead atoms. The van der Waals surface area contributed by atoms with E-state index in [1.54, 1.807) is 0 Å². The standard InChI is InChI=1S/C44H37BN5O.Pt/c1-30-28-45-22-10-11-24-49(45)31(2)43(30)48-29-47(39-17-8-9-18-40(39)48)33-13-12-14-34(26-33)51-35-19-20-37-36-15-6-7-16-38(36)50(41(37)27-35)42-25-32(21-23-46-42)44(3,4)5;/h6-25,28-29H,1-5H3;/q-3;. The van der Waals surface area contributed by atoms with E-state index in [-0.39, 0.29) is 33.3 Å². The molecule has 8 heteroatoms. The minimum Gasteiger partial charge on any atom is -0.509 e. The fourth-order valence-corrected chi connectivity index (χ4v) is 7.51. The normalized spacial score (nSPS) is 15.3. The van der Waals surface area contributed by atoms with Crippen LogP contribution in [0.4, 0.5) is 17.1 Å². The number of fused-ring (bicyclic) bond motifs is 5. The van der Waals surface area contributed by atoms with Gasteiger partial charge < -0.3 is 23.9 Å². The van der Waals surface area contributed by atoms with Crippen molar-refractivity contribution in [3.63, 3.8) is 0 Å². The predicted molar refractivity (Wildman–Crippen MR) is 209 cm³/mol. The molecule has 3 aliphatic heterocycles. The van der Waals surface area contributed by atoms with E-state index in [4.69, 9.17) is 9.72 Å². The SMILES string of the molecule is CC1=CB2C=CC=CN2C(C)=C1N1[CH-]N(c2[c-]c(Oc3[c-]c4c(cc3)c3ccccc3n4-c3cc(C(C)(C)C)ccn3)ccc2)c2ccccc21.[Pt]. The third-order valence-corrected chi connectivity index (χ3v) is 10.0. The Morgan fingerprint density at radius 1 is 0.788 bits per heavy atom. The van der Waals surface area contributed by atoms with Gasteiger partial charge in [-0.05, 0) is 78.4 Å². The summed E-state index contributed by atoms with van der Waals surface area (Å²) in [4.78, 5) is 11.6. The number of nitrogens with zero attached hydrogens (tertiary/aromatic N) is 5. The second kappa shape index (κ2) is 13.1. The Hall–Kier alpha value is -5.26. The first kappa shape index (κ1) is 33.9. The Bertz CT molecular complexity index is 2490. The quantitative estimate of drug-likeness (QED) is 0.128. The zero-order chi connectivity index (χ0) is 34.9. The van der Waals surface area contributed by atoms with Gasteiger partial charge >= 0.3 is 6.85 Å².